The van der Waals surface area contributed by atoms with Crippen molar-refractivity contribution >= 4 is 17.1 Å². The first-order chi connectivity index (χ1) is 19.4. The lowest BCUT2D eigenvalue weighted by atomic mass is 9.75. The van der Waals surface area contributed by atoms with Gasteiger partial charge in [-0.2, -0.15) is 10.4 Å². The van der Waals surface area contributed by atoms with Gasteiger partial charge in [-0.25, -0.2) is 4.52 Å². The Morgan fingerprint density at radius 2 is 1.82 bits per heavy atom. The molecule has 1 atom stereocenters. The predicted molar refractivity (Wildman–Crippen MR) is 156 cm³/mol. The van der Waals surface area contributed by atoms with Crippen molar-refractivity contribution in [3.8, 4) is 17.2 Å². The average molecular weight is 541 g/mol. The maximum Gasteiger partial charge on any atom is 0.225 e. The molecule has 3 fully saturated rings. The van der Waals surface area contributed by atoms with Gasteiger partial charge in [-0.3, -0.25) is 9.69 Å². The highest BCUT2D eigenvalue weighted by molar-refractivity contribution is 5.82. The summed E-state index contributed by atoms with van der Waals surface area (Å²) in [5.41, 5.74) is 5.49. The number of ether oxygens (including phenoxy) is 1. The Bertz CT molecular complexity index is 1400. The molecule has 40 heavy (non-hydrogen) atoms. The van der Waals surface area contributed by atoms with Crippen LogP contribution in [0.2, 0.25) is 0 Å². The van der Waals surface area contributed by atoms with Crippen molar-refractivity contribution in [2.24, 2.45) is 11.8 Å². The van der Waals surface area contributed by atoms with E-state index in [-0.39, 0.29) is 23.3 Å². The van der Waals surface area contributed by atoms with Gasteiger partial charge in [-0.15, -0.1) is 0 Å². The van der Waals surface area contributed by atoms with E-state index in [4.69, 9.17) is 10.00 Å². The van der Waals surface area contributed by atoms with Gasteiger partial charge in [-0.05, 0) is 69.3 Å². The van der Waals surface area contributed by atoms with Crippen LogP contribution in [0.3, 0.4) is 0 Å². The second-order valence-corrected chi connectivity index (χ2v) is 12.0. The smallest absolute Gasteiger partial charge is 0.225 e. The lowest BCUT2D eigenvalue weighted by Gasteiger charge is -2.44. The van der Waals surface area contributed by atoms with Gasteiger partial charge in [0.15, 0.2) is 0 Å². The number of rotatable bonds is 6. The molecule has 1 unspecified atom stereocenters. The highest BCUT2D eigenvalue weighted by Gasteiger charge is 2.39. The molecule has 2 saturated heterocycles. The van der Waals surface area contributed by atoms with E-state index < -0.39 is 0 Å². The summed E-state index contributed by atoms with van der Waals surface area (Å²) in [6, 6.07) is 16.0. The maximum atomic E-state index is 12.8. The summed E-state index contributed by atoms with van der Waals surface area (Å²) in [4.78, 5) is 19.7. The average Bonchev–Trinajstić information content (AvgIpc) is 3.41. The van der Waals surface area contributed by atoms with Gasteiger partial charge in [-0.1, -0.05) is 24.3 Å². The van der Waals surface area contributed by atoms with Gasteiger partial charge in [0.2, 0.25) is 5.91 Å². The Morgan fingerprint density at radius 1 is 1.07 bits per heavy atom. The second kappa shape index (κ2) is 10.9. The van der Waals surface area contributed by atoms with E-state index in [2.05, 4.69) is 77.4 Å². The first-order valence-corrected chi connectivity index (χ1v) is 14.7. The van der Waals surface area contributed by atoms with Crippen molar-refractivity contribution in [3.05, 3.63) is 54.4 Å². The first-order valence-electron chi connectivity index (χ1n) is 14.7. The summed E-state index contributed by atoms with van der Waals surface area (Å²) in [5, 5.41) is 13.6. The molecule has 1 amide bonds. The van der Waals surface area contributed by atoms with Gasteiger partial charge in [0.25, 0.3) is 0 Å². The summed E-state index contributed by atoms with van der Waals surface area (Å²) >= 11 is 0. The molecule has 3 aromatic rings. The van der Waals surface area contributed by atoms with E-state index in [9.17, 15) is 4.79 Å². The Balaban J connectivity index is 1.17. The minimum atomic E-state index is -0.263. The summed E-state index contributed by atoms with van der Waals surface area (Å²) in [6.45, 7) is 9.58. The van der Waals surface area contributed by atoms with Crippen LogP contribution < -0.4 is 4.90 Å². The third-order valence-electron chi connectivity index (χ3n) is 9.44. The van der Waals surface area contributed by atoms with Crippen LogP contribution in [0.25, 0.3) is 16.6 Å². The molecule has 4 heterocycles. The van der Waals surface area contributed by atoms with E-state index in [0.29, 0.717) is 19.1 Å². The molecule has 6 rings (SSSR count). The number of piperazine rings is 1. The number of amides is 1. The van der Waals surface area contributed by atoms with Gasteiger partial charge < -0.3 is 14.5 Å². The van der Waals surface area contributed by atoms with Crippen LogP contribution >= 0.6 is 0 Å². The third-order valence-corrected chi connectivity index (χ3v) is 9.44. The normalized spacial score (nSPS) is 25.7. The zero-order chi connectivity index (χ0) is 27.9. The Hall–Kier alpha value is -3.41. The number of aromatic nitrogens is 2. The third kappa shape index (κ3) is 4.86. The number of fused-ring (bicyclic) bond motifs is 1. The Kier molecular flexibility index (Phi) is 7.28. The van der Waals surface area contributed by atoms with E-state index in [1.54, 1.807) is 0 Å². The lowest BCUT2D eigenvalue weighted by molar-refractivity contribution is -0.139. The maximum absolute atomic E-state index is 12.8. The molecular weight excluding hydrogens is 500 g/mol. The number of nitrogens with zero attached hydrogens (tertiary/aromatic N) is 6. The van der Waals surface area contributed by atoms with E-state index in [1.807, 2.05) is 22.7 Å². The highest BCUT2D eigenvalue weighted by atomic mass is 16.5. The van der Waals surface area contributed by atoms with Gasteiger partial charge in [0, 0.05) is 75.7 Å². The van der Waals surface area contributed by atoms with Gasteiger partial charge in [0.1, 0.15) is 5.60 Å². The number of carbonyl (C=O) groups is 1. The number of carbonyl (C=O) groups excluding carboxylic acids is 1. The Labute approximate surface area is 237 Å². The van der Waals surface area contributed by atoms with Crippen LogP contribution in [0.5, 0.6) is 0 Å². The fraction of sp³-hybridized carbons (Fsp3) is 0.531. The fourth-order valence-electron chi connectivity index (χ4n) is 6.76. The van der Waals surface area contributed by atoms with Gasteiger partial charge >= 0.3 is 0 Å². The van der Waals surface area contributed by atoms with Crippen LogP contribution in [0.1, 0.15) is 45.1 Å². The standard InChI is InChI=1S/C32H40N6O2/c1-23(2)37-12-4-10-32(22-37,40-3)28-7-5-25(6-8-28)27-19-30-29(9-11-34-38(30)21-27)35-13-15-36(16-14-35)31(39)26-17-24(18-26)20-33/h5-9,11,19,21,23-24,26H,4,10,12-18,22H2,1-3H3. The van der Waals surface area contributed by atoms with Crippen molar-refractivity contribution in [2.75, 3.05) is 51.3 Å². The predicted octanol–water partition coefficient (Wildman–Crippen LogP) is 4.55. The van der Waals surface area contributed by atoms with Crippen LogP contribution in [0, 0.1) is 23.2 Å². The fourth-order valence-corrected chi connectivity index (χ4v) is 6.76. The van der Waals surface area contributed by atoms with E-state index in [1.165, 1.54) is 5.56 Å². The quantitative estimate of drug-likeness (QED) is 0.457. The van der Waals surface area contributed by atoms with Crippen molar-refractivity contribution in [3.63, 3.8) is 0 Å². The molecule has 1 saturated carbocycles. The van der Waals surface area contributed by atoms with Crippen LogP contribution in [0.15, 0.2) is 48.8 Å². The molecule has 2 aromatic heterocycles. The van der Waals surface area contributed by atoms with Gasteiger partial charge in [0.05, 0.1) is 17.3 Å². The molecule has 8 nitrogen and oxygen atoms in total. The number of anilines is 1. The number of methoxy groups -OCH3 is 1. The number of nitriles is 1. The van der Waals surface area contributed by atoms with Crippen molar-refractivity contribution < 1.29 is 9.53 Å². The number of piperidine rings is 1. The molecule has 2 aliphatic heterocycles. The van der Waals surface area contributed by atoms with E-state index in [0.717, 1.165) is 74.2 Å². The first kappa shape index (κ1) is 26.8. The summed E-state index contributed by atoms with van der Waals surface area (Å²) in [6.07, 6.45) is 7.57. The van der Waals surface area contributed by atoms with Crippen LogP contribution in [-0.2, 0) is 15.1 Å². The molecular formula is C32H40N6O2. The van der Waals surface area contributed by atoms with Crippen molar-refractivity contribution in [2.45, 2.75) is 51.2 Å². The number of hydrogen-bond acceptors (Lipinski definition) is 6. The highest BCUT2D eigenvalue weighted by Crippen LogP contribution is 2.38. The Morgan fingerprint density at radius 3 is 2.50 bits per heavy atom. The summed E-state index contributed by atoms with van der Waals surface area (Å²) < 4.78 is 8.14. The number of hydrogen-bond donors (Lipinski definition) is 0. The number of likely N-dealkylation sites (tertiary alicyclic amines) is 1. The summed E-state index contributed by atoms with van der Waals surface area (Å²) in [7, 11) is 1.85. The molecule has 1 aliphatic carbocycles. The molecule has 8 heteroatoms. The molecule has 0 bridgehead atoms. The van der Waals surface area contributed by atoms with Crippen LogP contribution in [-0.4, -0.2) is 77.7 Å². The van der Waals surface area contributed by atoms with Crippen LogP contribution in [0.4, 0.5) is 5.69 Å². The SMILES string of the molecule is COC1(c2ccc(-c3cc4c(N5CCN(C(=O)C6CC(C#N)C6)CC5)ccnn4c3)cc2)CCCN(C(C)C)C1. The molecule has 210 valence electrons. The van der Waals surface area contributed by atoms with Crippen molar-refractivity contribution in [1.29, 1.82) is 5.26 Å². The topological polar surface area (TPSA) is 77.1 Å². The molecule has 1 aromatic carbocycles. The second-order valence-electron chi connectivity index (χ2n) is 12.0. The molecule has 0 spiro atoms. The minimum absolute atomic E-state index is 0.0365. The molecule has 3 aliphatic rings. The molecule has 0 N–H and O–H groups in total. The zero-order valence-corrected chi connectivity index (χ0v) is 23.9. The minimum Gasteiger partial charge on any atom is -0.372 e. The largest absolute Gasteiger partial charge is 0.372 e. The lowest BCUT2D eigenvalue weighted by Crippen LogP contribution is -2.52. The van der Waals surface area contributed by atoms with E-state index >= 15 is 0 Å². The molecule has 0 radical (unpaired) electrons. The monoisotopic (exact) mass is 540 g/mol. The summed E-state index contributed by atoms with van der Waals surface area (Å²) in [5.74, 6) is 0.318. The zero-order valence-electron chi connectivity index (χ0n) is 23.9. The number of benzene rings is 1. The van der Waals surface area contributed by atoms with Crippen molar-refractivity contribution in [1.82, 2.24) is 19.4 Å².